The molecule has 5 heteroatoms. The molecule has 0 saturated heterocycles. The third-order valence-corrected chi connectivity index (χ3v) is 1.83. The molecule has 0 unspecified atom stereocenters. The highest BCUT2D eigenvalue weighted by molar-refractivity contribution is 7.80. The van der Waals surface area contributed by atoms with E-state index in [0.717, 1.165) is 5.56 Å². The minimum atomic E-state index is -0.273. The van der Waals surface area contributed by atoms with Crippen molar-refractivity contribution < 1.29 is 4.39 Å². The Hall–Kier alpha value is -1.49. The van der Waals surface area contributed by atoms with Crippen LogP contribution in [0.2, 0.25) is 0 Å². The summed E-state index contributed by atoms with van der Waals surface area (Å²) in [5.74, 6) is -0.273. The number of thiocarbonyl (C=S) groups is 1. The average molecular weight is 211 g/mol. The molecule has 0 aliphatic heterocycles. The van der Waals surface area contributed by atoms with E-state index >= 15 is 0 Å². The van der Waals surface area contributed by atoms with E-state index in [-0.39, 0.29) is 10.9 Å². The molecule has 1 aromatic rings. The summed E-state index contributed by atoms with van der Waals surface area (Å²) in [6.07, 6.45) is 1.55. The van der Waals surface area contributed by atoms with E-state index < -0.39 is 0 Å². The standard InChI is InChI=1S/C9H10FN3S/c1-13(9(11)14)12-6-7-2-4-8(10)5-3-7/h2-6H,1H3,(H2,11,14)/b12-6+. The Balaban J connectivity index is 2.69. The van der Waals surface area contributed by atoms with E-state index in [0.29, 0.717) is 0 Å². The van der Waals surface area contributed by atoms with Crippen molar-refractivity contribution in [2.45, 2.75) is 0 Å². The zero-order valence-corrected chi connectivity index (χ0v) is 8.46. The second kappa shape index (κ2) is 4.66. The van der Waals surface area contributed by atoms with Crippen LogP contribution in [0.15, 0.2) is 29.4 Å². The summed E-state index contributed by atoms with van der Waals surface area (Å²) in [4.78, 5) is 0. The van der Waals surface area contributed by atoms with Gasteiger partial charge in [-0.25, -0.2) is 9.40 Å². The van der Waals surface area contributed by atoms with Gasteiger partial charge in [0.15, 0.2) is 5.11 Å². The summed E-state index contributed by atoms with van der Waals surface area (Å²) in [7, 11) is 1.64. The fourth-order valence-electron chi connectivity index (χ4n) is 0.759. The lowest BCUT2D eigenvalue weighted by atomic mass is 10.2. The summed E-state index contributed by atoms with van der Waals surface area (Å²) in [5.41, 5.74) is 6.09. The van der Waals surface area contributed by atoms with E-state index in [4.69, 9.17) is 5.73 Å². The Labute approximate surface area is 87.0 Å². The number of nitrogens with zero attached hydrogens (tertiary/aromatic N) is 2. The maximum atomic E-state index is 12.5. The minimum absolute atomic E-state index is 0.184. The molecular weight excluding hydrogens is 201 g/mol. The molecule has 0 bridgehead atoms. The second-order valence-corrected chi connectivity index (χ2v) is 3.08. The predicted molar refractivity (Wildman–Crippen MR) is 58.5 cm³/mol. The molecule has 0 saturated carbocycles. The zero-order chi connectivity index (χ0) is 10.6. The van der Waals surface area contributed by atoms with E-state index in [2.05, 4.69) is 17.3 Å². The third kappa shape index (κ3) is 3.10. The van der Waals surface area contributed by atoms with Crippen molar-refractivity contribution in [1.82, 2.24) is 5.01 Å². The van der Waals surface area contributed by atoms with Gasteiger partial charge in [-0.15, -0.1) is 0 Å². The fourth-order valence-corrected chi connectivity index (χ4v) is 0.806. The molecule has 0 atom stereocenters. The molecule has 14 heavy (non-hydrogen) atoms. The number of hydrazone groups is 1. The van der Waals surface area contributed by atoms with Crippen LogP contribution < -0.4 is 5.73 Å². The number of halogens is 1. The van der Waals surface area contributed by atoms with Gasteiger partial charge in [-0.05, 0) is 29.9 Å². The summed E-state index contributed by atoms with van der Waals surface area (Å²) in [5, 5.41) is 5.49. The lowest BCUT2D eigenvalue weighted by Gasteiger charge is -2.08. The highest BCUT2D eigenvalue weighted by Crippen LogP contribution is 2.00. The highest BCUT2D eigenvalue weighted by atomic mass is 32.1. The predicted octanol–water partition coefficient (Wildman–Crippen LogP) is 1.34. The smallest absolute Gasteiger partial charge is 0.186 e. The number of nitrogens with two attached hydrogens (primary N) is 1. The molecule has 0 aliphatic rings. The molecule has 0 amide bonds. The van der Waals surface area contributed by atoms with Gasteiger partial charge in [-0.2, -0.15) is 5.10 Å². The Bertz CT molecular complexity index is 348. The maximum Gasteiger partial charge on any atom is 0.186 e. The highest BCUT2D eigenvalue weighted by Gasteiger charge is 1.94. The first-order chi connectivity index (χ1) is 6.59. The number of rotatable bonds is 2. The second-order valence-electron chi connectivity index (χ2n) is 2.66. The average Bonchev–Trinajstić information content (AvgIpc) is 2.16. The monoisotopic (exact) mass is 211 g/mol. The zero-order valence-electron chi connectivity index (χ0n) is 7.64. The van der Waals surface area contributed by atoms with Crippen molar-refractivity contribution in [2.24, 2.45) is 10.8 Å². The molecule has 1 rings (SSSR count). The molecule has 74 valence electrons. The fraction of sp³-hybridized carbons (Fsp3) is 0.111. The molecule has 3 nitrogen and oxygen atoms in total. The SMILES string of the molecule is CN(/N=C/c1ccc(F)cc1)C(N)=S. The largest absolute Gasteiger partial charge is 0.375 e. The van der Waals surface area contributed by atoms with E-state index in [1.165, 1.54) is 17.1 Å². The van der Waals surface area contributed by atoms with Crippen molar-refractivity contribution in [3.8, 4) is 0 Å². The van der Waals surface area contributed by atoms with Crippen LogP contribution in [0.25, 0.3) is 0 Å². The van der Waals surface area contributed by atoms with E-state index in [1.807, 2.05) is 0 Å². The first kappa shape index (κ1) is 10.6. The Morgan fingerprint density at radius 3 is 2.57 bits per heavy atom. The van der Waals surface area contributed by atoms with Gasteiger partial charge in [-0.1, -0.05) is 12.1 Å². The number of hydrogen-bond acceptors (Lipinski definition) is 2. The molecule has 0 heterocycles. The first-order valence-corrected chi connectivity index (χ1v) is 4.33. The van der Waals surface area contributed by atoms with Gasteiger partial charge in [0.1, 0.15) is 5.82 Å². The van der Waals surface area contributed by atoms with Gasteiger partial charge < -0.3 is 5.73 Å². The van der Waals surface area contributed by atoms with Crippen LogP contribution in [-0.4, -0.2) is 23.4 Å². The lowest BCUT2D eigenvalue weighted by molar-refractivity contribution is 0.552. The van der Waals surface area contributed by atoms with Crippen LogP contribution in [0.3, 0.4) is 0 Å². The van der Waals surface area contributed by atoms with Crippen LogP contribution in [0.5, 0.6) is 0 Å². The minimum Gasteiger partial charge on any atom is -0.375 e. The van der Waals surface area contributed by atoms with E-state index in [1.54, 1.807) is 25.4 Å². The summed E-state index contributed by atoms with van der Waals surface area (Å²) < 4.78 is 12.5. The molecule has 0 aliphatic carbocycles. The topological polar surface area (TPSA) is 41.6 Å². The van der Waals surface area contributed by atoms with Gasteiger partial charge in [0, 0.05) is 7.05 Å². The van der Waals surface area contributed by atoms with Crippen LogP contribution in [-0.2, 0) is 0 Å². The van der Waals surface area contributed by atoms with Crippen LogP contribution in [0, 0.1) is 5.82 Å². The summed E-state index contributed by atoms with van der Waals surface area (Å²) in [6, 6.07) is 5.96. The van der Waals surface area contributed by atoms with Crippen LogP contribution in [0.1, 0.15) is 5.56 Å². The number of hydrogen-bond donors (Lipinski definition) is 1. The third-order valence-electron chi connectivity index (χ3n) is 1.57. The van der Waals surface area contributed by atoms with Crippen molar-refractivity contribution in [1.29, 1.82) is 0 Å². The number of benzene rings is 1. The maximum absolute atomic E-state index is 12.5. The van der Waals surface area contributed by atoms with Crippen LogP contribution in [0.4, 0.5) is 4.39 Å². The molecular formula is C9H10FN3S. The van der Waals surface area contributed by atoms with Gasteiger partial charge >= 0.3 is 0 Å². The van der Waals surface area contributed by atoms with Crippen molar-refractivity contribution in [2.75, 3.05) is 7.05 Å². The molecule has 0 radical (unpaired) electrons. The van der Waals surface area contributed by atoms with Crippen molar-refractivity contribution in [3.05, 3.63) is 35.6 Å². The Morgan fingerprint density at radius 1 is 1.50 bits per heavy atom. The molecule has 0 spiro atoms. The van der Waals surface area contributed by atoms with Gasteiger partial charge in [0.25, 0.3) is 0 Å². The molecule has 2 N–H and O–H groups in total. The van der Waals surface area contributed by atoms with Gasteiger partial charge in [0.05, 0.1) is 6.21 Å². The molecule has 1 aromatic carbocycles. The lowest BCUT2D eigenvalue weighted by Crippen LogP contribution is -2.27. The molecule has 0 fully saturated rings. The first-order valence-electron chi connectivity index (χ1n) is 3.92. The Morgan fingerprint density at radius 2 is 2.07 bits per heavy atom. The molecule has 0 aromatic heterocycles. The van der Waals surface area contributed by atoms with Gasteiger partial charge in [0.2, 0.25) is 0 Å². The van der Waals surface area contributed by atoms with Crippen molar-refractivity contribution in [3.63, 3.8) is 0 Å². The van der Waals surface area contributed by atoms with Crippen LogP contribution >= 0.6 is 12.2 Å². The van der Waals surface area contributed by atoms with Gasteiger partial charge in [-0.3, -0.25) is 0 Å². The van der Waals surface area contributed by atoms with E-state index in [9.17, 15) is 4.39 Å². The normalized spacial score (nSPS) is 10.4. The quantitative estimate of drug-likeness (QED) is 0.456. The summed E-state index contributed by atoms with van der Waals surface area (Å²) in [6.45, 7) is 0. The van der Waals surface area contributed by atoms with Crippen molar-refractivity contribution >= 4 is 23.5 Å². The Kier molecular flexibility index (Phi) is 3.53. The summed E-state index contributed by atoms with van der Waals surface area (Å²) >= 11 is 4.68.